The Labute approximate surface area is 132 Å². The number of carbonyl (C=O) groups is 1. The van der Waals surface area contributed by atoms with Gasteiger partial charge in [-0.2, -0.15) is 0 Å². The van der Waals surface area contributed by atoms with Crippen LogP contribution in [0.4, 0.5) is 4.79 Å². The Morgan fingerprint density at radius 1 is 1.45 bits per heavy atom. The molecule has 1 aromatic heterocycles. The van der Waals surface area contributed by atoms with Gasteiger partial charge in [0.05, 0.1) is 18.1 Å². The summed E-state index contributed by atoms with van der Waals surface area (Å²) in [6, 6.07) is 3.22. The van der Waals surface area contributed by atoms with Crippen molar-refractivity contribution in [3.63, 3.8) is 0 Å². The van der Waals surface area contributed by atoms with Gasteiger partial charge in [-0.1, -0.05) is 13.8 Å². The molecule has 0 saturated heterocycles. The van der Waals surface area contributed by atoms with Crippen LogP contribution in [0, 0.1) is 5.41 Å². The maximum absolute atomic E-state index is 12.2. The molecule has 0 aliphatic heterocycles. The molecule has 22 heavy (non-hydrogen) atoms. The minimum atomic E-state index is -2.99. The maximum atomic E-state index is 12.2. The van der Waals surface area contributed by atoms with Crippen LogP contribution in [0.25, 0.3) is 0 Å². The Kier molecular flexibility index (Phi) is 6.05. The molecule has 1 aromatic rings. The molecule has 1 rings (SSSR count). The highest BCUT2D eigenvalue weighted by atomic mass is 32.2. The Morgan fingerprint density at radius 3 is 2.59 bits per heavy atom. The smallest absolute Gasteiger partial charge is 0.317 e. The van der Waals surface area contributed by atoms with Crippen LogP contribution in [0.5, 0.6) is 0 Å². The second-order valence-electron chi connectivity index (χ2n) is 6.51. The highest BCUT2D eigenvalue weighted by Crippen LogP contribution is 2.21. The van der Waals surface area contributed by atoms with Crippen LogP contribution in [0.2, 0.25) is 0 Å². The van der Waals surface area contributed by atoms with Crippen LogP contribution in [0.1, 0.15) is 39.0 Å². The van der Waals surface area contributed by atoms with Gasteiger partial charge in [-0.25, -0.2) is 13.2 Å². The number of nitrogens with zero attached hydrogens (tertiary/aromatic N) is 1. The summed E-state index contributed by atoms with van der Waals surface area (Å²) in [7, 11) is -1.29. The Morgan fingerprint density at radius 2 is 2.09 bits per heavy atom. The highest BCUT2D eigenvalue weighted by Gasteiger charge is 2.24. The Bertz CT molecular complexity index is 579. The SMILES string of the molecule is C[C@@H](c1ccco1)N(C)C(=O)NCC(C)(C)CCS(C)(=O)=O. The van der Waals surface area contributed by atoms with E-state index in [1.165, 1.54) is 6.26 Å². The molecular weight excluding hydrogens is 304 g/mol. The summed E-state index contributed by atoms with van der Waals surface area (Å²) in [5, 5.41) is 2.85. The van der Waals surface area contributed by atoms with Gasteiger partial charge in [0, 0.05) is 19.8 Å². The number of hydrogen-bond acceptors (Lipinski definition) is 4. The topological polar surface area (TPSA) is 79.6 Å². The third-order valence-corrected chi connectivity index (χ3v) is 4.67. The van der Waals surface area contributed by atoms with E-state index in [4.69, 9.17) is 4.42 Å². The van der Waals surface area contributed by atoms with E-state index >= 15 is 0 Å². The number of furan rings is 1. The largest absolute Gasteiger partial charge is 0.467 e. The predicted molar refractivity (Wildman–Crippen MR) is 86.4 cm³/mol. The normalized spacial score (nSPS) is 13.7. The van der Waals surface area contributed by atoms with E-state index in [1.807, 2.05) is 26.8 Å². The number of carbonyl (C=O) groups excluding carboxylic acids is 1. The van der Waals surface area contributed by atoms with Gasteiger partial charge in [-0.05, 0) is 30.9 Å². The molecule has 1 atom stereocenters. The van der Waals surface area contributed by atoms with E-state index in [9.17, 15) is 13.2 Å². The van der Waals surface area contributed by atoms with Crippen molar-refractivity contribution in [2.45, 2.75) is 33.2 Å². The zero-order chi connectivity index (χ0) is 17.0. The van der Waals surface area contributed by atoms with Gasteiger partial charge in [0.2, 0.25) is 0 Å². The molecule has 0 unspecified atom stereocenters. The summed E-state index contributed by atoms with van der Waals surface area (Å²) >= 11 is 0. The molecule has 6 nitrogen and oxygen atoms in total. The van der Waals surface area contributed by atoms with Crippen molar-refractivity contribution in [1.29, 1.82) is 0 Å². The molecule has 0 aliphatic carbocycles. The Balaban J connectivity index is 2.50. The fourth-order valence-electron chi connectivity index (χ4n) is 1.89. The van der Waals surface area contributed by atoms with Crippen molar-refractivity contribution >= 4 is 15.9 Å². The molecule has 0 spiro atoms. The van der Waals surface area contributed by atoms with Crippen molar-refractivity contribution in [2.24, 2.45) is 5.41 Å². The number of amides is 2. The fraction of sp³-hybridized carbons (Fsp3) is 0.667. The third kappa shape index (κ3) is 6.09. The summed E-state index contributed by atoms with van der Waals surface area (Å²) < 4.78 is 27.8. The summed E-state index contributed by atoms with van der Waals surface area (Å²) in [4.78, 5) is 13.7. The zero-order valence-corrected chi connectivity index (χ0v) is 14.7. The lowest BCUT2D eigenvalue weighted by atomic mass is 9.90. The van der Waals surface area contributed by atoms with Crippen molar-refractivity contribution in [1.82, 2.24) is 10.2 Å². The molecule has 0 saturated carbocycles. The number of hydrogen-bond donors (Lipinski definition) is 1. The van der Waals surface area contributed by atoms with Crippen LogP contribution in [-0.2, 0) is 9.84 Å². The van der Waals surface area contributed by atoms with Crippen LogP contribution in [-0.4, -0.2) is 44.9 Å². The molecule has 2 amide bonds. The molecule has 1 heterocycles. The van der Waals surface area contributed by atoms with Crippen LogP contribution in [0.3, 0.4) is 0 Å². The summed E-state index contributed by atoms with van der Waals surface area (Å²) in [5.74, 6) is 0.836. The van der Waals surface area contributed by atoms with Gasteiger partial charge >= 0.3 is 6.03 Å². The van der Waals surface area contributed by atoms with E-state index in [0.29, 0.717) is 18.7 Å². The summed E-state index contributed by atoms with van der Waals surface area (Å²) in [5.41, 5.74) is -0.284. The lowest BCUT2D eigenvalue weighted by molar-refractivity contribution is 0.181. The van der Waals surface area contributed by atoms with Crippen molar-refractivity contribution in [3.8, 4) is 0 Å². The van der Waals surface area contributed by atoms with E-state index in [-0.39, 0.29) is 23.2 Å². The molecule has 0 radical (unpaired) electrons. The first-order chi connectivity index (χ1) is 10.0. The molecule has 0 aliphatic rings. The van der Waals surface area contributed by atoms with E-state index in [0.717, 1.165) is 0 Å². The molecule has 126 valence electrons. The van der Waals surface area contributed by atoms with Gasteiger partial charge in [0.25, 0.3) is 0 Å². The standard InChI is InChI=1S/C15H26N2O4S/c1-12(13-7-6-9-21-13)17(4)14(18)16-11-15(2,3)8-10-22(5,19)20/h6-7,9,12H,8,10-11H2,1-5H3,(H,16,18)/t12-/m0/s1. The summed E-state index contributed by atoms with van der Waals surface area (Å²) in [6.07, 6.45) is 3.30. The second-order valence-corrected chi connectivity index (χ2v) is 8.76. The highest BCUT2D eigenvalue weighted by molar-refractivity contribution is 7.90. The zero-order valence-electron chi connectivity index (χ0n) is 13.9. The monoisotopic (exact) mass is 330 g/mol. The van der Waals surface area contributed by atoms with Gasteiger partial charge in [-0.15, -0.1) is 0 Å². The van der Waals surface area contributed by atoms with Gasteiger partial charge < -0.3 is 14.6 Å². The molecule has 1 N–H and O–H groups in total. The molecule has 0 aromatic carbocycles. The quantitative estimate of drug-likeness (QED) is 0.833. The molecular formula is C15H26N2O4S. The van der Waals surface area contributed by atoms with E-state index < -0.39 is 9.84 Å². The van der Waals surface area contributed by atoms with Gasteiger partial charge in [0.15, 0.2) is 0 Å². The predicted octanol–water partition coefficient (Wildman–Crippen LogP) is 2.44. The molecule has 0 bridgehead atoms. The summed E-state index contributed by atoms with van der Waals surface area (Å²) in [6.45, 7) is 6.17. The lowest BCUT2D eigenvalue weighted by Crippen LogP contribution is -2.43. The number of nitrogens with one attached hydrogen (secondary N) is 1. The first kappa shape index (κ1) is 18.5. The van der Waals surface area contributed by atoms with Gasteiger partial charge in [0.1, 0.15) is 15.6 Å². The average Bonchev–Trinajstić information content (AvgIpc) is 2.94. The van der Waals surface area contributed by atoms with Crippen molar-refractivity contribution in [3.05, 3.63) is 24.2 Å². The van der Waals surface area contributed by atoms with Crippen LogP contribution >= 0.6 is 0 Å². The maximum Gasteiger partial charge on any atom is 0.317 e. The van der Waals surface area contributed by atoms with Crippen molar-refractivity contribution < 1.29 is 17.6 Å². The van der Waals surface area contributed by atoms with Crippen molar-refractivity contribution in [2.75, 3.05) is 25.6 Å². The first-order valence-electron chi connectivity index (χ1n) is 7.24. The molecule has 7 heteroatoms. The first-order valence-corrected chi connectivity index (χ1v) is 9.30. The minimum absolute atomic E-state index is 0.120. The third-order valence-electron chi connectivity index (χ3n) is 3.72. The van der Waals surface area contributed by atoms with E-state index in [1.54, 1.807) is 24.3 Å². The number of urea groups is 1. The van der Waals surface area contributed by atoms with Crippen LogP contribution < -0.4 is 5.32 Å². The number of sulfone groups is 1. The van der Waals surface area contributed by atoms with Gasteiger partial charge in [-0.3, -0.25) is 0 Å². The van der Waals surface area contributed by atoms with Crippen LogP contribution in [0.15, 0.2) is 22.8 Å². The number of rotatable bonds is 7. The lowest BCUT2D eigenvalue weighted by Gasteiger charge is -2.28. The molecule has 0 fully saturated rings. The minimum Gasteiger partial charge on any atom is -0.467 e. The fourth-order valence-corrected chi connectivity index (χ4v) is 2.81. The average molecular weight is 330 g/mol. The Hall–Kier alpha value is -1.50. The second kappa shape index (κ2) is 7.17. The van der Waals surface area contributed by atoms with E-state index in [2.05, 4.69) is 5.32 Å².